The second-order valence-electron chi connectivity index (χ2n) is 5.47. The van der Waals surface area contributed by atoms with Crippen LogP contribution in [0.15, 0.2) is 24.5 Å². The molecular weight excluding hydrogens is 264 g/mol. The summed E-state index contributed by atoms with van der Waals surface area (Å²) >= 11 is 0. The largest absolute Gasteiger partial charge is 0.352 e. The Bertz CT molecular complexity index is 416. The van der Waals surface area contributed by atoms with Gasteiger partial charge in [-0.1, -0.05) is 6.92 Å². The van der Waals surface area contributed by atoms with Crippen molar-refractivity contribution in [3.05, 3.63) is 30.1 Å². The lowest BCUT2D eigenvalue weighted by Crippen LogP contribution is -2.46. The number of likely N-dealkylation sites (N-methyl/N-ethyl adjacent to an activating group) is 1. The van der Waals surface area contributed by atoms with Gasteiger partial charge in [0.1, 0.15) is 0 Å². The van der Waals surface area contributed by atoms with E-state index in [9.17, 15) is 4.79 Å². The lowest BCUT2D eigenvalue weighted by atomic mass is 10.2. The van der Waals surface area contributed by atoms with E-state index in [4.69, 9.17) is 0 Å². The average molecular weight is 290 g/mol. The Morgan fingerprint density at radius 3 is 2.48 bits per heavy atom. The number of rotatable bonds is 7. The smallest absolute Gasteiger partial charge is 0.251 e. The van der Waals surface area contributed by atoms with Crippen LogP contribution in [0.4, 0.5) is 0 Å². The molecule has 2 heterocycles. The Balaban J connectivity index is 1.53. The van der Waals surface area contributed by atoms with E-state index in [1.54, 1.807) is 24.5 Å². The molecule has 1 N–H and O–H groups in total. The van der Waals surface area contributed by atoms with Crippen molar-refractivity contribution in [2.75, 3.05) is 45.8 Å². The van der Waals surface area contributed by atoms with Crippen molar-refractivity contribution >= 4 is 5.91 Å². The average Bonchev–Trinajstić information content (AvgIpc) is 2.55. The van der Waals surface area contributed by atoms with E-state index in [1.165, 1.54) is 26.2 Å². The molecule has 0 atom stereocenters. The molecule has 1 aromatic heterocycles. The van der Waals surface area contributed by atoms with Gasteiger partial charge in [-0.05, 0) is 38.1 Å². The molecule has 0 aromatic carbocycles. The van der Waals surface area contributed by atoms with Gasteiger partial charge in [0.2, 0.25) is 0 Å². The van der Waals surface area contributed by atoms with Gasteiger partial charge in [0, 0.05) is 50.7 Å². The minimum Gasteiger partial charge on any atom is -0.352 e. The van der Waals surface area contributed by atoms with Crippen molar-refractivity contribution < 1.29 is 4.79 Å². The van der Waals surface area contributed by atoms with Gasteiger partial charge in [-0.25, -0.2) is 0 Å². The number of pyridine rings is 1. The molecule has 21 heavy (non-hydrogen) atoms. The van der Waals surface area contributed by atoms with Crippen LogP contribution in [0.2, 0.25) is 0 Å². The van der Waals surface area contributed by atoms with Crippen LogP contribution in [0.3, 0.4) is 0 Å². The molecule has 5 heteroatoms. The predicted molar refractivity (Wildman–Crippen MR) is 84.4 cm³/mol. The summed E-state index contributed by atoms with van der Waals surface area (Å²) in [5, 5.41) is 2.96. The van der Waals surface area contributed by atoms with Gasteiger partial charge in [-0.2, -0.15) is 0 Å². The molecule has 0 spiro atoms. The maximum atomic E-state index is 11.8. The fraction of sp³-hybridized carbons (Fsp3) is 0.625. The Labute approximate surface area is 127 Å². The number of carbonyl (C=O) groups is 1. The summed E-state index contributed by atoms with van der Waals surface area (Å²) < 4.78 is 0. The van der Waals surface area contributed by atoms with Gasteiger partial charge in [-0.15, -0.1) is 0 Å². The Morgan fingerprint density at radius 1 is 1.14 bits per heavy atom. The predicted octanol–water partition coefficient (Wildman–Crippen LogP) is 1.23. The van der Waals surface area contributed by atoms with Crippen LogP contribution < -0.4 is 5.32 Å². The molecule has 1 fully saturated rings. The topological polar surface area (TPSA) is 48.5 Å². The maximum Gasteiger partial charge on any atom is 0.251 e. The molecule has 0 saturated carbocycles. The third kappa shape index (κ3) is 5.44. The van der Waals surface area contributed by atoms with Crippen molar-refractivity contribution in [1.82, 2.24) is 20.1 Å². The fourth-order valence-corrected chi connectivity index (χ4v) is 2.60. The molecule has 1 aliphatic heterocycles. The second kappa shape index (κ2) is 8.74. The fourth-order valence-electron chi connectivity index (χ4n) is 2.60. The Morgan fingerprint density at radius 2 is 1.81 bits per heavy atom. The number of piperazine rings is 1. The Kier molecular flexibility index (Phi) is 6.63. The van der Waals surface area contributed by atoms with Gasteiger partial charge in [0.25, 0.3) is 5.91 Å². The SMILES string of the molecule is CCN1CCN(CCCCNC(=O)c2ccncc2)CC1. The first-order valence-corrected chi connectivity index (χ1v) is 7.92. The van der Waals surface area contributed by atoms with Crippen LogP contribution in [0.1, 0.15) is 30.1 Å². The summed E-state index contributed by atoms with van der Waals surface area (Å²) in [4.78, 5) is 20.8. The van der Waals surface area contributed by atoms with Gasteiger partial charge in [0.15, 0.2) is 0 Å². The number of unbranched alkanes of at least 4 members (excludes halogenated alkanes) is 1. The molecule has 0 aliphatic carbocycles. The number of nitrogens with one attached hydrogen (secondary N) is 1. The lowest BCUT2D eigenvalue weighted by molar-refractivity contribution is 0.0951. The zero-order valence-electron chi connectivity index (χ0n) is 12.9. The zero-order valence-corrected chi connectivity index (χ0v) is 12.9. The highest BCUT2D eigenvalue weighted by Gasteiger charge is 2.14. The Hall–Kier alpha value is -1.46. The lowest BCUT2D eigenvalue weighted by Gasteiger charge is -2.33. The molecule has 1 saturated heterocycles. The molecule has 0 unspecified atom stereocenters. The van der Waals surface area contributed by atoms with Gasteiger partial charge < -0.3 is 15.1 Å². The first-order chi connectivity index (χ1) is 10.3. The highest BCUT2D eigenvalue weighted by molar-refractivity contribution is 5.93. The molecule has 1 aliphatic rings. The third-order valence-corrected chi connectivity index (χ3v) is 4.04. The van der Waals surface area contributed by atoms with Crippen LogP contribution in [0, 0.1) is 0 Å². The number of carbonyl (C=O) groups excluding carboxylic acids is 1. The number of hydrogen-bond donors (Lipinski definition) is 1. The second-order valence-corrected chi connectivity index (χ2v) is 5.47. The molecular formula is C16H26N4O. The molecule has 5 nitrogen and oxygen atoms in total. The summed E-state index contributed by atoms with van der Waals surface area (Å²) in [6.45, 7) is 10.0. The number of hydrogen-bond acceptors (Lipinski definition) is 4. The molecule has 1 aromatic rings. The minimum atomic E-state index is -0.00559. The summed E-state index contributed by atoms with van der Waals surface area (Å²) in [5.74, 6) is -0.00559. The zero-order chi connectivity index (χ0) is 14.9. The van der Waals surface area contributed by atoms with Crippen LogP contribution in [0.5, 0.6) is 0 Å². The third-order valence-electron chi connectivity index (χ3n) is 4.04. The van der Waals surface area contributed by atoms with Crippen molar-refractivity contribution in [3.63, 3.8) is 0 Å². The highest BCUT2D eigenvalue weighted by Crippen LogP contribution is 2.03. The van der Waals surface area contributed by atoms with E-state index in [-0.39, 0.29) is 5.91 Å². The number of amides is 1. The van der Waals surface area contributed by atoms with Gasteiger partial charge in [0.05, 0.1) is 0 Å². The molecule has 116 valence electrons. The number of aromatic nitrogens is 1. The molecule has 2 rings (SSSR count). The maximum absolute atomic E-state index is 11.8. The van der Waals surface area contributed by atoms with E-state index >= 15 is 0 Å². The summed E-state index contributed by atoms with van der Waals surface area (Å²) in [6.07, 6.45) is 5.46. The monoisotopic (exact) mass is 290 g/mol. The van der Waals surface area contributed by atoms with Crippen molar-refractivity contribution in [1.29, 1.82) is 0 Å². The quantitative estimate of drug-likeness (QED) is 0.767. The van der Waals surface area contributed by atoms with E-state index in [2.05, 4.69) is 27.0 Å². The molecule has 1 amide bonds. The van der Waals surface area contributed by atoms with Gasteiger partial charge in [-0.3, -0.25) is 9.78 Å². The molecule has 0 radical (unpaired) electrons. The normalized spacial score (nSPS) is 16.8. The highest BCUT2D eigenvalue weighted by atomic mass is 16.1. The van der Waals surface area contributed by atoms with Crippen molar-refractivity contribution in [2.45, 2.75) is 19.8 Å². The van der Waals surface area contributed by atoms with E-state index in [1.807, 2.05) is 0 Å². The minimum absolute atomic E-state index is 0.00559. The van der Waals surface area contributed by atoms with Crippen LogP contribution in [0.25, 0.3) is 0 Å². The summed E-state index contributed by atoms with van der Waals surface area (Å²) in [6, 6.07) is 3.48. The van der Waals surface area contributed by atoms with Crippen LogP contribution in [-0.4, -0.2) is 66.5 Å². The van der Waals surface area contributed by atoms with Crippen LogP contribution in [-0.2, 0) is 0 Å². The van der Waals surface area contributed by atoms with Crippen LogP contribution >= 0.6 is 0 Å². The van der Waals surface area contributed by atoms with E-state index in [0.717, 1.165) is 32.5 Å². The van der Waals surface area contributed by atoms with Crippen molar-refractivity contribution in [2.24, 2.45) is 0 Å². The van der Waals surface area contributed by atoms with Crippen molar-refractivity contribution in [3.8, 4) is 0 Å². The standard InChI is InChI=1S/C16H26N4O/c1-2-19-11-13-20(14-12-19)10-4-3-7-18-16(21)15-5-8-17-9-6-15/h5-6,8-9H,2-4,7,10-14H2,1H3,(H,18,21). The molecule has 0 bridgehead atoms. The number of nitrogens with zero attached hydrogens (tertiary/aromatic N) is 3. The van der Waals surface area contributed by atoms with Gasteiger partial charge >= 0.3 is 0 Å². The first kappa shape index (κ1) is 15.9. The van der Waals surface area contributed by atoms with E-state index < -0.39 is 0 Å². The van der Waals surface area contributed by atoms with E-state index in [0.29, 0.717) is 5.56 Å². The summed E-state index contributed by atoms with van der Waals surface area (Å²) in [7, 11) is 0. The first-order valence-electron chi connectivity index (χ1n) is 7.92. The summed E-state index contributed by atoms with van der Waals surface area (Å²) in [5.41, 5.74) is 0.681.